The maximum Gasteiger partial charge on any atom is 0.495 e. The second-order valence-electron chi connectivity index (χ2n) is 5.85. The van der Waals surface area contributed by atoms with E-state index in [1.807, 2.05) is 27.7 Å². The molecule has 0 amide bonds. The van der Waals surface area contributed by atoms with Crippen LogP contribution in [0.1, 0.15) is 27.7 Å². The zero-order chi connectivity index (χ0) is 13.8. The molecule has 1 fully saturated rings. The highest BCUT2D eigenvalue weighted by Gasteiger charge is 2.52. The zero-order valence-electron chi connectivity index (χ0n) is 11.5. The molecule has 6 heteroatoms. The van der Waals surface area contributed by atoms with Gasteiger partial charge in [0.1, 0.15) is 11.5 Å². The quantitative estimate of drug-likeness (QED) is 0.799. The monoisotopic (exact) mass is 262 g/mol. The molecular weight excluding hydrogens is 246 g/mol. The molecule has 0 saturated carbocycles. The summed E-state index contributed by atoms with van der Waals surface area (Å²) in [7, 11) is -0.583. The van der Waals surface area contributed by atoms with Crippen molar-refractivity contribution in [3.63, 3.8) is 0 Å². The van der Waals surface area contributed by atoms with E-state index in [4.69, 9.17) is 9.31 Å². The third-order valence-electron chi connectivity index (χ3n) is 4.06. The van der Waals surface area contributed by atoms with Crippen LogP contribution < -0.4 is 5.46 Å². The molecule has 4 nitrogen and oxygen atoms in total. The van der Waals surface area contributed by atoms with Gasteiger partial charge >= 0.3 is 7.12 Å². The van der Waals surface area contributed by atoms with Gasteiger partial charge in [0.05, 0.1) is 16.6 Å². The van der Waals surface area contributed by atoms with Crippen LogP contribution in [0.4, 0.5) is 4.39 Å². The van der Waals surface area contributed by atoms with Gasteiger partial charge in [-0.1, -0.05) is 0 Å². The average Bonchev–Trinajstić information content (AvgIpc) is 2.78. The fourth-order valence-corrected chi connectivity index (χ4v) is 2.21. The highest BCUT2D eigenvalue weighted by molar-refractivity contribution is 6.65. The number of aromatic amines is 1. The SMILES string of the molecule is CC1(C)OB(c2ccnc3[nH]cc(F)c23)OC1(C)C. The van der Waals surface area contributed by atoms with Crippen LogP contribution in [-0.4, -0.2) is 28.3 Å². The van der Waals surface area contributed by atoms with Crippen LogP contribution in [0.2, 0.25) is 0 Å². The molecule has 0 unspecified atom stereocenters. The van der Waals surface area contributed by atoms with Crippen molar-refractivity contribution >= 4 is 23.6 Å². The summed E-state index contributed by atoms with van der Waals surface area (Å²) in [6.07, 6.45) is 2.92. The highest BCUT2D eigenvalue weighted by Crippen LogP contribution is 2.37. The molecular formula is C13H16BFN2O2. The van der Waals surface area contributed by atoms with Gasteiger partial charge < -0.3 is 14.3 Å². The van der Waals surface area contributed by atoms with Gasteiger partial charge in [-0.2, -0.15) is 0 Å². The molecule has 3 rings (SSSR count). The molecule has 0 radical (unpaired) electrons. The van der Waals surface area contributed by atoms with E-state index in [0.717, 1.165) is 0 Å². The highest BCUT2D eigenvalue weighted by atomic mass is 19.1. The van der Waals surface area contributed by atoms with Crippen molar-refractivity contribution in [3.8, 4) is 0 Å². The Morgan fingerprint density at radius 3 is 2.47 bits per heavy atom. The molecule has 0 bridgehead atoms. The van der Waals surface area contributed by atoms with Crippen LogP contribution in [-0.2, 0) is 9.31 Å². The van der Waals surface area contributed by atoms with Crippen LogP contribution in [0.3, 0.4) is 0 Å². The Kier molecular flexibility index (Phi) is 2.53. The molecule has 100 valence electrons. The maximum absolute atomic E-state index is 13.9. The smallest absolute Gasteiger partial charge is 0.399 e. The number of nitrogens with zero attached hydrogens (tertiary/aromatic N) is 1. The number of hydrogen-bond acceptors (Lipinski definition) is 3. The van der Waals surface area contributed by atoms with E-state index in [1.54, 1.807) is 12.3 Å². The summed E-state index contributed by atoms with van der Waals surface area (Å²) < 4.78 is 25.8. The van der Waals surface area contributed by atoms with Crippen LogP contribution in [0.5, 0.6) is 0 Å². The molecule has 0 atom stereocenters. The summed E-state index contributed by atoms with van der Waals surface area (Å²) in [5.74, 6) is -0.340. The van der Waals surface area contributed by atoms with Gasteiger partial charge in [-0.3, -0.25) is 0 Å². The van der Waals surface area contributed by atoms with Crippen LogP contribution in [0, 0.1) is 5.82 Å². The molecule has 0 aliphatic carbocycles. The molecule has 2 aromatic heterocycles. The number of nitrogens with one attached hydrogen (secondary N) is 1. The fraction of sp³-hybridized carbons (Fsp3) is 0.462. The number of hydrogen-bond donors (Lipinski definition) is 1. The van der Waals surface area contributed by atoms with Gasteiger partial charge in [-0.25, -0.2) is 9.37 Å². The minimum absolute atomic E-state index is 0.340. The first kappa shape index (κ1) is 12.6. The Bertz CT molecular complexity index is 623. The topological polar surface area (TPSA) is 47.1 Å². The van der Waals surface area contributed by atoms with Gasteiger partial charge in [0, 0.05) is 12.4 Å². The predicted molar refractivity (Wildman–Crippen MR) is 71.8 cm³/mol. The first-order valence-corrected chi connectivity index (χ1v) is 6.29. The molecule has 2 aromatic rings. The van der Waals surface area contributed by atoms with Crippen molar-refractivity contribution in [1.29, 1.82) is 0 Å². The van der Waals surface area contributed by atoms with Gasteiger partial charge in [0.25, 0.3) is 0 Å². The second kappa shape index (κ2) is 3.80. The Balaban J connectivity index is 2.10. The van der Waals surface area contributed by atoms with E-state index >= 15 is 0 Å². The molecule has 0 aromatic carbocycles. The van der Waals surface area contributed by atoms with E-state index in [1.165, 1.54) is 6.20 Å². The van der Waals surface area contributed by atoms with Crippen molar-refractivity contribution in [1.82, 2.24) is 9.97 Å². The molecule has 0 spiro atoms. The van der Waals surface area contributed by atoms with E-state index in [9.17, 15) is 4.39 Å². The van der Waals surface area contributed by atoms with Crippen LogP contribution in [0.25, 0.3) is 11.0 Å². The molecule has 19 heavy (non-hydrogen) atoms. The van der Waals surface area contributed by atoms with Crippen molar-refractivity contribution in [2.75, 3.05) is 0 Å². The number of fused-ring (bicyclic) bond motifs is 1. The molecule has 1 aliphatic rings. The lowest BCUT2D eigenvalue weighted by atomic mass is 9.78. The van der Waals surface area contributed by atoms with E-state index in [0.29, 0.717) is 16.5 Å². The van der Waals surface area contributed by atoms with Gasteiger partial charge in [-0.05, 0) is 39.2 Å². The van der Waals surface area contributed by atoms with Gasteiger partial charge in [0.2, 0.25) is 0 Å². The summed E-state index contributed by atoms with van der Waals surface area (Å²) in [6, 6.07) is 1.74. The minimum atomic E-state index is -0.583. The summed E-state index contributed by atoms with van der Waals surface area (Å²) in [4.78, 5) is 6.90. The van der Waals surface area contributed by atoms with E-state index < -0.39 is 18.3 Å². The van der Waals surface area contributed by atoms with E-state index in [2.05, 4.69) is 9.97 Å². The van der Waals surface area contributed by atoms with Crippen LogP contribution in [0.15, 0.2) is 18.5 Å². The second-order valence-corrected chi connectivity index (χ2v) is 5.85. The fourth-order valence-electron chi connectivity index (χ4n) is 2.21. The lowest BCUT2D eigenvalue weighted by molar-refractivity contribution is 0.00578. The summed E-state index contributed by atoms with van der Waals surface area (Å²) in [5, 5.41) is 0.431. The molecule has 3 heterocycles. The zero-order valence-corrected chi connectivity index (χ0v) is 11.5. The van der Waals surface area contributed by atoms with E-state index in [-0.39, 0.29) is 5.82 Å². The Labute approximate surface area is 111 Å². The normalized spacial score (nSPS) is 21.2. The Morgan fingerprint density at radius 2 is 1.84 bits per heavy atom. The third-order valence-corrected chi connectivity index (χ3v) is 4.06. The summed E-state index contributed by atoms with van der Waals surface area (Å²) >= 11 is 0. The largest absolute Gasteiger partial charge is 0.495 e. The number of halogens is 1. The summed E-state index contributed by atoms with van der Waals surface area (Å²) in [5.41, 5.74) is 0.284. The maximum atomic E-state index is 13.9. The number of rotatable bonds is 1. The number of H-pyrrole nitrogens is 1. The van der Waals surface area contributed by atoms with Gasteiger partial charge in [-0.15, -0.1) is 0 Å². The van der Waals surface area contributed by atoms with Crippen molar-refractivity contribution in [3.05, 3.63) is 24.3 Å². The third kappa shape index (κ3) is 1.78. The van der Waals surface area contributed by atoms with Crippen molar-refractivity contribution in [2.24, 2.45) is 0 Å². The van der Waals surface area contributed by atoms with Crippen molar-refractivity contribution < 1.29 is 13.7 Å². The molecule has 1 N–H and O–H groups in total. The van der Waals surface area contributed by atoms with Crippen molar-refractivity contribution in [2.45, 2.75) is 38.9 Å². The molecule has 1 aliphatic heterocycles. The van der Waals surface area contributed by atoms with Gasteiger partial charge in [0.15, 0.2) is 0 Å². The first-order chi connectivity index (χ1) is 8.82. The summed E-state index contributed by atoms with van der Waals surface area (Å²) in [6.45, 7) is 7.88. The Hall–Kier alpha value is -1.40. The number of aromatic nitrogens is 2. The predicted octanol–water partition coefficient (Wildman–Crippen LogP) is 2.00. The lowest BCUT2D eigenvalue weighted by Gasteiger charge is -2.32. The molecule has 1 saturated heterocycles. The van der Waals surface area contributed by atoms with Crippen LogP contribution >= 0.6 is 0 Å². The standard InChI is InChI=1S/C13H16BFN2O2/c1-12(2)13(3,4)19-14(18-12)8-5-6-16-11-10(8)9(15)7-17-11/h5-7H,1-4H3,(H,16,17). The first-order valence-electron chi connectivity index (χ1n) is 6.29. The lowest BCUT2D eigenvalue weighted by Crippen LogP contribution is -2.41. The number of pyridine rings is 1. The Morgan fingerprint density at radius 1 is 1.21 bits per heavy atom. The average molecular weight is 262 g/mol. The minimum Gasteiger partial charge on any atom is -0.399 e.